The Kier molecular flexibility index (Phi) is 10.3. The molecule has 0 aliphatic carbocycles. The SMILES string of the molecule is CCCOc1ccc(C(=O)Oc2ccc(C=NNC(=O)CNC(=O)c3ccc(F)cc3)cc2OCC)cc1. The number of nitrogens with one attached hydrogen (secondary N) is 2. The third kappa shape index (κ3) is 8.44. The van der Waals surface area contributed by atoms with E-state index in [1.54, 1.807) is 49.4 Å². The van der Waals surface area contributed by atoms with Gasteiger partial charge in [-0.25, -0.2) is 14.6 Å². The predicted molar refractivity (Wildman–Crippen MR) is 139 cm³/mol. The van der Waals surface area contributed by atoms with Crippen molar-refractivity contribution in [3.05, 3.63) is 89.2 Å². The summed E-state index contributed by atoms with van der Waals surface area (Å²) in [7, 11) is 0. The quantitative estimate of drug-likeness (QED) is 0.160. The summed E-state index contributed by atoms with van der Waals surface area (Å²) in [6.07, 6.45) is 2.26. The van der Waals surface area contributed by atoms with Crippen molar-refractivity contribution in [1.29, 1.82) is 0 Å². The number of rotatable bonds is 12. The number of hydrogen-bond donors (Lipinski definition) is 2. The molecule has 0 aromatic heterocycles. The van der Waals surface area contributed by atoms with Crippen LogP contribution in [-0.4, -0.2) is 43.8 Å². The minimum Gasteiger partial charge on any atom is -0.494 e. The molecule has 2 N–H and O–H groups in total. The number of carbonyl (C=O) groups is 3. The van der Waals surface area contributed by atoms with E-state index in [0.29, 0.717) is 35.8 Å². The summed E-state index contributed by atoms with van der Waals surface area (Å²) in [6, 6.07) is 16.4. The minimum absolute atomic E-state index is 0.227. The summed E-state index contributed by atoms with van der Waals surface area (Å²) in [5, 5.41) is 6.29. The summed E-state index contributed by atoms with van der Waals surface area (Å²) >= 11 is 0. The summed E-state index contributed by atoms with van der Waals surface area (Å²) < 4.78 is 29.6. The molecule has 0 fully saturated rings. The van der Waals surface area contributed by atoms with Crippen molar-refractivity contribution in [1.82, 2.24) is 10.7 Å². The molecule has 0 atom stereocenters. The monoisotopic (exact) mass is 521 g/mol. The van der Waals surface area contributed by atoms with Crippen molar-refractivity contribution < 1.29 is 33.0 Å². The average molecular weight is 522 g/mol. The Balaban J connectivity index is 1.55. The smallest absolute Gasteiger partial charge is 0.343 e. The molecule has 0 radical (unpaired) electrons. The molecule has 3 aromatic carbocycles. The van der Waals surface area contributed by atoms with Crippen molar-refractivity contribution in [2.45, 2.75) is 20.3 Å². The highest BCUT2D eigenvalue weighted by atomic mass is 19.1. The number of esters is 1. The van der Waals surface area contributed by atoms with Gasteiger partial charge >= 0.3 is 5.97 Å². The maximum absolute atomic E-state index is 13.0. The van der Waals surface area contributed by atoms with Crippen LogP contribution in [0.25, 0.3) is 0 Å². The molecule has 0 saturated heterocycles. The van der Waals surface area contributed by atoms with Gasteiger partial charge in [0.2, 0.25) is 0 Å². The molecule has 9 nitrogen and oxygen atoms in total. The molecule has 198 valence electrons. The molecular formula is C28H28FN3O6. The van der Waals surface area contributed by atoms with Crippen LogP contribution in [0.2, 0.25) is 0 Å². The highest BCUT2D eigenvalue weighted by Crippen LogP contribution is 2.29. The summed E-state index contributed by atoms with van der Waals surface area (Å²) in [5.41, 5.74) is 3.46. The molecule has 0 aliphatic heterocycles. The summed E-state index contributed by atoms with van der Waals surface area (Å²) in [6.45, 7) is 4.41. The Labute approximate surface area is 219 Å². The van der Waals surface area contributed by atoms with Gasteiger partial charge in [0.25, 0.3) is 11.8 Å². The number of halogens is 1. The normalized spacial score (nSPS) is 10.6. The fourth-order valence-electron chi connectivity index (χ4n) is 3.11. The van der Waals surface area contributed by atoms with Gasteiger partial charge in [-0.2, -0.15) is 5.10 Å². The Morgan fingerprint density at radius 3 is 2.29 bits per heavy atom. The number of benzene rings is 3. The van der Waals surface area contributed by atoms with Gasteiger partial charge in [0.1, 0.15) is 11.6 Å². The third-order valence-electron chi connectivity index (χ3n) is 4.95. The Morgan fingerprint density at radius 1 is 0.895 bits per heavy atom. The van der Waals surface area contributed by atoms with Gasteiger partial charge in [-0.05, 0) is 85.6 Å². The van der Waals surface area contributed by atoms with Crippen molar-refractivity contribution in [3.8, 4) is 17.2 Å². The van der Waals surface area contributed by atoms with E-state index >= 15 is 0 Å². The maximum atomic E-state index is 13.0. The van der Waals surface area contributed by atoms with Crippen LogP contribution < -0.4 is 25.0 Å². The van der Waals surface area contributed by atoms with Crippen molar-refractivity contribution in [2.24, 2.45) is 5.10 Å². The predicted octanol–water partition coefficient (Wildman–Crippen LogP) is 4.11. The van der Waals surface area contributed by atoms with Crippen LogP contribution in [0.1, 0.15) is 46.5 Å². The molecule has 0 aliphatic rings. The number of ether oxygens (including phenoxy) is 3. The first-order valence-electron chi connectivity index (χ1n) is 12.0. The van der Waals surface area contributed by atoms with Crippen molar-refractivity contribution in [3.63, 3.8) is 0 Å². The lowest BCUT2D eigenvalue weighted by Gasteiger charge is -2.12. The van der Waals surface area contributed by atoms with Gasteiger partial charge in [0, 0.05) is 5.56 Å². The third-order valence-corrected chi connectivity index (χ3v) is 4.95. The molecule has 0 unspecified atom stereocenters. The van der Waals surface area contributed by atoms with Gasteiger partial charge in [0.05, 0.1) is 31.5 Å². The van der Waals surface area contributed by atoms with Gasteiger partial charge in [0.15, 0.2) is 11.5 Å². The van der Waals surface area contributed by atoms with E-state index in [2.05, 4.69) is 15.8 Å². The van der Waals surface area contributed by atoms with E-state index in [0.717, 1.165) is 18.6 Å². The maximum Gasteiger partial charge on any atom is 0.343 e. The number of nitrogens with zero attached hydrogens (tertiary/aromatic N) is 1. The number of hydrazone groups is 1. The van der Waals surface area contributed by atoms with Gasteiger partial charge < -0.3 is 19.5 Å². The molecule has 0 spiro atoms. The molecule has 0 saturated carbocycles. The van der Waals surface area contributed by atoms with Crippen LogP contribution in [0.3, 0.4) is 0 Å². The number of carbonyl (C=O) groups excluding carboxylic acids is 3. The van der Waals surface area contributed by atoms with Crippen LogP contribution in [0.4, 0.5) is 4.39 Å². The average Bonchev–Trinajstić information content (AvgIpc) is 2.92. The second-order valence-corrected chi connectivity index (χ2v) is 7.88. The fraction of sp³-hybridized carbons (Fsp3) is 0.214. The first kappa shape index (κ1) is 27.9. The lowest BCUT2D eigenvalue weighted by molar-refractivity contribution is -0.120. The largest absolute Gasteiger partial charge is 0.494 e. The van der Waals surface area contributed by atoms with E-state index in [1.165, 1.54) is 18.3 Å². The minimum atomic E-state index is -0.557. The van der Waals surface area contributed by atoms with Gasteiger partial charge in [-0.1, -0.05) is 6.92 Å². The lowest BCUT2D eigenvalue weighted by Crippen LogP contribution is -2.34. The molecule has 0 bridgehead atoms. The molecule has 10 heteroatoms. The highest BCUT2D eigenvalue weighted by molar-refractivity contribution is 5.96. The van der Waals surface area contributed by atoms with E-state index in [4.69, 9.17) is 14.2 Å². The fourth-order valence-corrected chi connectivity index (χ4v) is 3.11. The van der Waals surface area contributed by atoms with E-state index in [1.807, 2.05) is 6.92 Å². The van der Waals surface area contributed by atoms with Crippen LogP contribution >= 0.6 is 0 Å². The summed E-state index contributed by atoms with van der Waals surface area (Å²) in [5.74, 6) is -0.864. The molecule has 0 heterocycles. The first-order chi connectivity index (χ1) is 18.4. The highest BCUT2D eigenvalue weighted by Gasteiger charge is 2.14. The van der Waals surface area contributed by atoms with E-state index in [9.17, 15) is 18.8 Å². The van der Waals surface area contributed by atoms with E-state index in [-0.39, 0.29) is 17.9 Å². The second-order valence-electron chi connectivity index (χ2n) is 7.88. The lowest BCUT2D eigenvalue weighted by atomic mass is 10.2. The molecule has 3 rings (SSSR count). The Hall–Kier alpha value is -4.73. The zero-order valence-electron chi connectivity index (χ0n) is 21.0. The Morgan fingerprint density at radius 2 is 1.61 bits per heavy atom. The van der Waals surface area contributed by atoms with Gasteiger partial charge in [-0.15, -0.1) is 0 Å². The number of amides is 2. The molecule has 2 amide bonds. The van der Waals surface area contributed by atoms with Crippen molar-refractivity contribution >= 4 is 24.0 Å². The molecule has 38 heavy (non-hydrogen) atoms. The zero-order valence-corrected chi connectivity index (χ0v) is 21.0. The van der Waals surface area contributed by atoms with Crippen LogP contribution in [0.15, 0.2) is 71.8 Å². The molecular weight excluding hydrogens is 493 g/mol. The van der Waals surface area contributed by atoms with E-state index < -0.39 is 23.6 Å². The number of hydrogen-bond acceptors (Lipinski definition) is 7. The van der Waals surface area contributed by atoms with Gasteiger partial charge in [-0.3, -0.25) is 9.59 Å². The zero-order chi connectivity index (χ0) is 27.3. The first-order valence-corrected chi connectivity index (χ1v) is 12.0. The Bertz CT molecular complexity index is 1280. The van der Waals surface area contributed by atoms with Crippen LogP contribution in [0, 0.1) is 5.82 Å². The standard InChI is InChI=1S/C28H28FN3O6/c1-3-15-37-23-12-8-21(9-13-23)28(35)38-24-14-5-19(16-25(24)36-4-2)17-31-32-26(33)18-30-27(34)20-6-10-22(29)11-7-20/h5-14,16-17H,3-4,15,18H2,1-2H3,(H,30,34)(H,32,33). The summed E-state index contributed by atoms with van der Waals surface area (Å²) in [4.78, 5) is 36.6. The second kappa shape index (κ2) is 14.1. The topological polar surface area (TPSA) is 115 Å². The van der Waals surface area contributed by atoms with Crippen molar-refractivity contribution in [2.75, 3.05) is 19.8 Å². The van der Waals surface area contributed by atoms with Crippen LogP contribution in [0.5, 0.6) is 17.2 Å². The van der Waals surface area contributed by atoms with Crippen LogP contribution in [-0.2, 0) is 4.79 Å². The molecule has 3 aromatic rings.